The Morgan fingerprint density at radius 3 is 2.22 bits per heavy atom. The molecule has 1 heterocycles. The average Bonchev–Trinajstić information content (AvgIpc) is 3.08. The van der Waals surface area contributed by atoms with E-state index in [0.717, 1.165) is 11.1 Å². The van der Waals surface area contributed by atoms with Gasteiger partial charge in [0, 0.05) is 0 Å². The molecule has 1 fully saturated rings. The van der Waals surface area contributed by atoms with Crippen LogP contribution in [0.5, 0.6) is 5.75 Å². The molecule has 3 rings (SSSR count). The normalized spacial score (nSPS) is 19.8. The SMILES string of the molecule is CC(C)S(=O)(=O)N[C@H]1COC[C@H]1Oc1ccc(-c2ccc(C#N)cc2)cc1. The summed E-state index contributed by atoms with van der Waals surface area (Å²) in [4.78, 5) is 0. The van der Waals surface area contributed by atoms with Gasteiger partial charge in [-0.25, -0.2) is 13.1 Å². The van der Waals surface area contributed by atoms with Crippen molar-refractivity contribution in [2.24, 2.45) is 0 Å². The summed E-state index contributed by atoms with van der Waals surface area (Å²) < 4.78 is 38.2. The highest BCUT2D eigenvalue weighted by Gasteiger charge is 2.34. The highest BCUT2D eigenvalue weighted by Crippen LogP contribution is 2.24. The molecule has 7 heteroatoms. The van der Waals surface area contributed by atoms with Crippen molar-refractivity contribution in [2.45, 2.75) is 31.2 Å². The van der Waals surface area contributed by atoms with Crippen LogP contribution >= 0.6 is 0 Å². The summed E-state index contributed by atoms with van der Waals surface area (Å²) >= 11 is 0. The molecule has 1 saturated heterocycles. The largest absolute Gasteiger partial charge is 0.486 e. The van der Waals surface area contributed by atoms with Crippen LogP contribution in [0.4, 0.5) is 0 Å². The molecule has 27 heavy (non-hydrogen) atoms. The Labute approximate surface area is 159 Å². The highest BCUT2D eigenvalue weighted by atomic mass is 32.2. The number of rotatable bonds is 6. The second-order valence-corrected chi connectivity index (χ2v) is 8.99. The van der Waals surface area contributed by atoms with E-state index in [4.69, 9.17) is 14.7 Å². The minimum atomic E-state index is -3.39. The first-order valence-corrected chi connectivity index (χ1v) is 10.3. The standard InChI is InChI=1S/C20H22N2O4S/c1-14(2)27(23,24)22-19-12-25-13-20(19)26-18-9-7-17(8-10-18)16-5-3-15(11-21)4-6-16/h3-10,14,19-20,22H,12-13H2,1-2H3/t19-,20+/m0/s1. The number of benzene rings is 2. The lowest BCUT2D eigenvalue weighted by Gasteiger charge is -2.21. The molecule has 1 aliphatic rings. The molecule has 0 aliphatic carbocycles. The first kappa shape index (κ1) is 19.4. The van der Waals surface area contributed by atoms with E-state index in [1.807, 2.05) is 36.4 Å². The Morgan fingerprint density at radius 1 is 1.07 bits per heavy atom. The van der Waals surface area contributed by atoms with Crippen molar-refractivity contribution in [1.82, 2.24) is 4.72 Å². The van der Waals surface area contributed by atoms with Gasteiger partial charge in [-0.15, -0.1) is 0 Å². The summed E-state index contributed by atoms with van der Waals surface area (Å²) in [5.41, 5.74) is 2.63. The summed E-state index contributed by atoms with van der Waals surface area (Å²) in [5.74, 6) is 0.650. The maximum atomic E-state index is 12.1. The minimum absolute atomic E-state index is 0.292. The lowest BCUT2D eigenvalue weighted by Crippen LogP contribution is -2.47. The average molecular weight is 386 g/mol. The van der Waals surface area contributed by atoms with Gasteiger partial charge in [-0.05, 0) is 49.2 Å². The first-order valence-electron chi connectivity index (χ1n) is 8.75. The van der Waals surface area contributed by atoms with E-state index in [1.165, 1.54) is 0 Å². The lowest BCUT2D eigenvalue weighted by molar-refractivity contribution is 0.140. The highest BCUT2D eigenvalue weighted by molar-refractivity contribution is 7.90. The lowest BCUT2D eigenvalue weighted by atomic mass is 10.0. The first-order chi connectivity index (χ1) is 12.9. The van der Waals surface area contributed by atoms with Crippen LogP contribution in [0.3, 0.4) is 0 Å². The molecule has 6 nitrogen and oxygen atoms in total. The molecule has 1 N–H and O–H groups in total. The smallest absolute Gasteiger partial charge is 0.214 e. The van der Waals surface area contributed by atoms with Crippen LogP contribution in [0, 0.1) is 11.3 Å². The zero-order chi connectivity index (χ0) is 19.4. The van der Waals surface area contributed by atoms with Crippen molar-refractivity contribution in [3.05, 3.63) is 54.1 Å². The van der Waals surface area contributed by atoms with Crippen molar-refractivity contribution in [3.8, 4) is 22.9 Å². The van der Waals surface area contributed by atoms with Crippen LogP contribution in [0.25, 0.3) is 11.1 Å². The topological polar surface area (TPSA) is 88.4 Å². The summed E-state index contributed by atoms with van der Waals surface area (Å²) in [6.45, 7) is 3.90. The third kappa shape index (κ3) is 4.66. The number of hydrogen-bond donors (Lipinski definition) is 1. The second-order valence-electron chi connectivity index (χ2n) is 6.73. The van der Waals surface area contributed by atoms with Gasteiger partial charge in [0.05, 0.1) is 36.1 Å². The summed E-state index contributed by atoms with van der Waals surface area (Å²) in [7, 11) is -3.39. The van der Waals surface area contributed by atoms with E-state index in [1.54, 1.807) is 26.0 Å². The van der Waals surface area contributed by atoms with Gasteiger partial charge in [0.1, 0.15) is 11.9 Å². The van der Waals surface area contributed by atoms with Gasteiger partial charge >= 0.3 is 0 Å². The molecule has 2 aromatic rings. The van der Waals surface area contributed by atoms with Crippen LogP contribution in [0.2, 0.25) is 0 Å². The molecule has 1 aliphatic heterocycles. The van der Waals surface area contributed by atoms with E-state index >= 15 is 0 Å². The number of nitrogens with one attached hydrogen (secondary N) is 1. The number of hydrogen-bond acceptors (Lipinski definition) is 5. The quantitative estimate of drug-likeness (QED) is 0.825. The molecule has 0 unspecified atom stereocenters. The van der Waals surface area contributed by atoms with E-state index in [2.05, 4.69) is 10.8 Å². The van der Waals surface area contributed by atoms with E-state index in [0.29, 0.717) is 24.5 Å². The minimum Gasteiger partial charge on any atom is -0.486 e. The Balaban J connectivity index is 1.67. The van der Waals surface area contributed by atoms with E-state index < -0.39 is 21.3 Å². The fourth-order valence-corrected chi connectivity index (χ4v) is 3.66. The summed E-state index contributed by atoms with van der Waals surface area (Å²) in [5, 5.41) is 8.37. The van der Waals surface area contributed by atoms with Gasteiger partial charge in [-0.1, -0.05) is 24.3 Å². The summed E-state index contributed by atoms with van der Waals surface area (Å²) in [6, 6.07) is 16.6. The maximum Gasteiger partial charge on any atom is 0.214 e. The number of nitrogens with zero attached hydrogens (tertiary/aromatic N) is 1. The Hall–Kier alpha value is -2.40. The van der Waals surface area contributed by atoms with Crippen molar-refractivity contribution in [2.75, 3.05) is 13.2 Å². The molecule has 0 radical (unpaired) electrons. The predicted molar refractivity (Wildman–Crippen MR) is 103 cm³/mol. The number of ether oxygens (including phenoxy) is 2. The Kier molecular flexibility index (Phi) is 5.80. The third-order valence-corrected chi connectivity index (χ3v) is 6.33. The van der Waals surface area contributed by atoms with Gasteiger partial charge in [0.15, 0.2) is 0 Å². The van der Waals surface area contributed by atoms with Gasteiger partial charge in [-0.2, -0.15) is 5.26 Å². The Bertz CT molecular complexity index is 916. The zero-order valence-corrected chi connectivity index (χ0v) is 16.1. The zero-order valence-electron chi connectivity index (χ0n) is 15.3. The van der Waals surface area contributed by atoms with E-state index in [9.17, 15) is 8.42 Å². The van der Waals surface area contributed by atoms with Gasteiger partial charge in [0.2, 0.25) is 10.0 Å². The van der Waals surface area contributed by atoms with Crippen molar-refractivity contribution in [1.29, 1.82) is 5.26 Å². The maximum absolute atomic E-state index is 12.1. The molecule has 0 saturated carbocycles. The molecule has 2 atom stereocenters. The molecule has 0 bridgehead atoms. The van der Waals surface area contributed by atoms with Crippen molar-refractivity contribution >= 4 is 10.0 Å². The molecule has 0 spiro atoms. The van der Waals surface area contributed by atoms with Crippen molar-refractivity contribution < 1.29 is 17.9 Å². The summed E-state index contributed by atoms with van der Waals surface area (Å²) in [6.07, 6.45) is -0.376. The molecule has 0 aromatic heterocycles. The van der Waals surface area contributed by atoms with Crippen LogP contribution in [0.15, 0.2) is 48.5 Å². The van der Waals surface area contributed by atoms with Gasteiger partial charge in [-0.3, -0.25) is 0 Å². The van der Waals surface area contributed by atoms with Gasteiger partial charge in [0.25, 0.3) is 0 Å². The number of nitriles is 1. The van der Waals surface area contributed by atoms with Crippen LogP contribution in [-0.4, -0.2) is 39.0 Å². The van der Waals surface area contributed by atoms with Crippen LogP contribution in [-0.2, 0) is 14.8 Å². The monoisotopic (exact) mass is 386 g/mol. The van der Waals surface area contributed by atoms with E-state index in [-0.39, 0.29) is 6.10 Å². The molecule has 2 aromatic carbocycles. The molecular formula is C20H22N2O4S. The predicted octanol–water partition coefficient (Wildman–Crippen LogP) is 2.70. The van der Waals surface area contributed by atoms with Crippen LogP contribution in [0.1, 0.15) is 19.4 Å². The Morgan fingerprint density at radius 2 is 1.67 bits per heavy atom. The fourth-order valence-electron chi connectivity index (χ4n) is 2.75. The number of sulfonamides is 1. The molecular weight excluding hydrogens is 364 g/mol. The fraction of sp³-hybridized carbons (Fsp3) is 0.350. The molecule has 0 amide bonds. The second kappa shape index (κ2) is 8.09. The third-order valence-electron chi connectivity index (χ3n) is 4.45. The van der Waals surface area contributed by atoms with Gasteiger partial charge < -0.3 is 9.47 Å². The molecule has 142 valence electrons. The van der Waals surface area contributed by atoms with Crippen molar-refractivity contribution in [3.63, 3.8) is 0 Å². The van der Waals surface area contributed by atoms with Crippen LogP contribution < -0.4 is 9.46 Å².